The summed E-state index contributed by atoms with van der Waals surface area (Å²) < 4.78 is 5.35. The van der Waals surface area contributed by atoms with Gasteiger partial charge in [0, 0.05) is 18.0 Å². The van der Waals surface area contributed by atoms with E-state index < -0.39 is 0 Å². The van der Waals surface area contributed by atoms with Crippen LogP contribution in [0, 0.1) is 0 Å². The predicted molar refractivity (Wildman–Crippen MR) is 88.9 cm³/mol. The molecular weight excluding hydrogens is 290 g/mol. The van der Waals surface area contributed by atoms with Gasteiger partial charge in [0.15, 0.2) is 0 Å². The summed E-state index contributed by atoms with van der Waals surface area (Å²) in [5, 5.41) is 14.0. The van der Waals surface area contributed by atoms with Gasteiger partial charge in [0.25, 0.3) is 0 Å². The van der Waals surface area contributed by atoms with Crippen molar-refractivity contribution in [2.24, 2.45) is 0 Å². The summed E-state index contributed by atoms with van der Waals surface area (Å²) in [7, 11) is 0. The number of aliphatic hydroxyl groups is 1. The number of hydrogen-bond donors (Lipinski definition) is 1. The van der Waals surface area contributed by atoms with E-state index in [-0.39, 0.29) is 6.10 Å². The van der Waals surface area contributed by atoms with E-state index >= 15 is 0 Å². The van der Waals surface area contributed by atoms with Crippen LogP contribution in [-0.4, -0.2) is 45.4 Å². The van der Waals surface area contributed by atoms with Crippen LogP contribution in [-0.2, 0) is 6.42 Å². The van der Waals surface area contributed by atoms with Gasteiger partial charge in [-0.05, 0) is 39.3 Å². The normalized spacial score (nSPS) is 20.5. The molecule has 0 amide bonds. The summed E-state index contributed by atoms with van der Waals surface area (Å²) in [5.41, 5.74) is 0.979. The summed E-state index contributed by atoms with van der Waals surface area (Å²) >= 11 is 0. The molecule has 0 aliphatic carbocycles. The third-order valence-corrected chi connectivity index (χ3v) is 4.56. The molecule has 2 atom stereocenters. The number of rotatable bonds is 6. The van der Waals surface area contributed by atoms with Gasteiger partial charge in [-0.1, -0.05) is 41.9 Å². The first kappa shape index (κ1) is 16.1. The van der Waals surface area contributed by atoms with Gasteiger partial charge in [0.05, 0.1) is 6.10 Å². The van der Waals surface area contributed by atoms with E-state index in [1.807, 2.05) is 37.3 Å². The number of aryl methyl sites for hydroxylation is 1. The zero-order chi connectivity index (χ0) is 16.1. The molecule has 2 heterocycles. The number of piperidine rings is 1. The lowest BCUT2D eigenvalue weighted by Gasteiger charge is -2.37. The van der Waals surface area contributed by atoms with Crippen LogP contribution in [0.15, 0.2) is 34.9 Å². The molecule has 0 saturated carbocycles. The number of likely N-dealkylation sites (tertiary alicyclic amines) is 1. The number of aromatic nitrogens is 2. The molecule has 0 bridgehead atoms. The van der Waals surface area contributed by atoms with E-state index in [1.54, 1.807) is 0 Å². The van der Waals surface area contributed by atoms with Crippen LogP contribution < -0.4 is 0 Å². The first-order valence-electron chi connectivity index (χ1n) is 8.54. The number of hydrogen-bond acceptors (Lipinski definition) is 5. The smallest absolute Gasteiger partial charge is 0.227 e. The van der Waals surface area contributed by atoms with Gasteiger partial charge >= 0.3 is 0 Å². The van der Waals surface area contributed by atoms with Gasteiger partial charge in [-0.3, -0.25) is 4.90 Å². The minimum atomic E-state index is -0.261. The predicted octanol–water partition coefficient (Wildman–Crippen LogP) is 2.90. The van der Waals surface area contributed by atoms with Gasteiger partial charge in [0.2, 0.25) is 11.7 Å². The van der Waals surface area contributed by atoms with E-state index in [1.165, 1.54) is 12.8 Å². The van der Waals surface area contributed by atoms with Gasteiger partial charge in [-0.25, -0.2) is 0 Å². The molecule has 5 heteroatoms. The third kappa shape index (κ3) is 4.18. The lowest BCUT2D eigenvalue weighted by atomic mass is 9.98. The highest BCUT2D eigenvalue weighted by Crippen LogP contribution is 2.20. The molecule has 5 nitrogen and oxygen atoms in total. The van der Waals surface area contributed by atoms with Crippen molar-refractivity contribution in [1.29, 1.82) is 0 Å². The van der Waals surface area contributed by atoms with E-state index in [2.05, 4.69) is 15.0 Å². The molecular formula is C18H25N3O2. The van der Waals surface area contributed by atoms with Gasteiger partial charge < -0.3 is 9.63 Å². The summed E-state index contributed by atoms with van der Waals surface area (Å²) in [6.45, 7) is 3.94. The first-order valence-corrected chi connectivity index (χ1v) is 8.54. The molecule has 0 radical (unpaired) electrons. The average Bonchev–Trinajstić information content (AvgIpc) is 3.05. The van der Waals surface area contributed by atoms with Crippen LogP contribution >= 0.6 is 0 Å². The Kier molecular flexibility index (Phi) is 5.41. The fraction of sp³-hybridized carbons (Fsp3) is 0.556. The highest BCUT2D eigenvalue weighted by Gasteiger charge is 2.25. The summed E-state index contributed by atoms with van der Waals surface area (Å²) in [5.74, 6) is 1.34. The van der Waals surface area contributed by atoms with Crippen molar-refractivity contribution in [3.8, 4) is 11.4 Å². The standard InChI is InChI=1S/C18H25N3O2/c1-14(22)16-10-5-6-12-21(16)13-7-11-17-19-18(20-23-17)15-8-3-2-4-9-15/h2-4,8-9,14,16,22H,5-7,10-13H2,1H3. The van der Waals surface area contributed by atoms with Crippen LogP contribution in [0.4, 0.5) is 0 Å². The molecule has 3 rings (SSSR count). The second-order valence-electron chi connectivity index (χ2n) is 6.32. The molecule has 1 aromatic heterocycles. The maximum absolute atomic E-state index is 9.91. The molecule has 1 aliphatic heterocycles. The van der Waals surface area contributed by atoms with Crippen molar-refractivity contribution < 1.29 is 9.63 Å². The molecule has 2 unspecified atom stereocenters. The SMILES string of the molecule is CC(O)C1CCCCN1CCCc1nc(-c2ccccc2)no1. The maximum atomic E-state index is 9.91. The van der Waals surface area contributed by atoms with Gasteiger partial charge in [0.1, 0.15) is 0 Å². The zero-order valence-electron chi connectivity index (χ0n) is 13.7. The molecule has 1 fully saturated rings. The Bertz CT molecular complexity index is 597. The number of benzene rings is 1. The molecule has 1 aromatic carbocycles. The Morgan fingerprint density at radius 3 is 2.91 bits per heavy atom. The van der Waals surface area contributed by atoms with E-state index in [4.69, 9.17) is 4.52 Å². The summed E-state index contributed by atoms with van der Waals surface area (Å²) in [4.78, 5) is 6.88. The van der Waals surface area contributed by atoms with E-state index in [0.29, 0.717) is 17.8 Å². The van der Waals surface area contributed by atoms with Crippen LogP contribution in [0.1, 0.15) is 38.5 Å². The van der Waals surface area contributed by atoms with Crippen LogP contribution in [0.3, 0.4) is 0 Å². The Morgan fingerprint density at radius 1 is 1.30 bits per heavy atom. The fourth-order valence-electron chi connectivity index (χ4n) is 3.33. The van der Waals surface area contributed by atoms with Crippen molar-refractivity contribution in [3.05, 3.63) is 36.2 Å². The molecule has 1 N–H and O–H groups in total. The minimum absolute atomic E-state index is 0.261. The van der Waals surface area contributed by atoms with Crippen LogP contribution in [0.2, 0.25) is 0 Å². The summed E-state index contributed by atoms with van der Waals surface area (Å²) in [6, 6.07) is 10.2. The molecule has 124 valence electrons. The monoisotopic (exact) mass is 315 g/mol. The molecule has 0 spiro atoms. The quantitative estimate of drug-likeness (QED) is 0.888. The van der Waals surface area contributed by atoms with Crippen molar-refractivity contribution in [2.45, 2.75) is 51.2 Å². The highest BCUT2D eigenvalue weighted by atomic mass is 16.5. The fourth-order valence-corrected chi connectivity index (χ4v) is 3.33. The Hall–Kier alpha value is -1.72. The lowest BCUT2D eigenvalue weighted by Crippen LogP contribution is -2.46. The van der Waals surface area contributed by atoms with Crippen LogP contribution in [0.25, 0.3) is 11.4 Å². The zero-order valence-corrected chi connectivity index (χ0v) is 13.7. The Balaban J connectivity index is 1.52. The third-order valence-electron chi connectivity index (χ3n) is 4.56. The molecule has 1 aliphatic rings. The topological polar surface area (TPSA) is 62.4 Å². The van der Waals surface area contributed by atoms with Gasteiger partial charge in [-0.15, -0.1) is 0 Å². The van der Waals surface area contributed by atoms with Crippen molar-refractivity contribution in [1.82, 2.24) is 15.0 Å². The van der Waals surface area contributed by atoms with E-state index in [9.17, 15) is 5.11 Å². The second kappa shape index (κ2) is 7.70. The minimum Gasteiger partial charge on any atom is -0.392 e. The van der Waals surface area contributed by atoms with Crippen molar-refractivity contribution in [3.63, 3.8) is 0 Å². The van der Waals surface area contributed by atoms with Crippen molar-refractivity contribution >= 4 is 0 Å². The van der Waals surface area contributed by atoms with E-state index in [0.717, 1.165) is 37.9 Å². The Morgan fingerprint density at radius 2 is 2.13 bits per heavy atom. The lowest BCUT2D eigenvalue weighted by molar-refractivity contribution is 0.0357. The highest BCUT2D eigenvalue weighted by molar-refractivity contribution is 5.53. The van der Waals surface area contributed by atoms with Gasteiger partial charge in [-0.2, -0.15) is 4.98 Å². The second-order valence-corrected chi connectivity index (χ2v) is 6.32. The number of nitrogens with zero attached hydrogens (tertiary/aromatic N) is 3. The first-order chi connectivity index (χ1) is 11.2. The maximum Gasteiger partial charge on any atom is 0.227 e. The largest absolute Gasteiger partial charge is 0.392 e. The molecule has 2 aromatic rings. The number of aliphatic hydroxyl groups excluding tert-OH is 1. The van der Waals surface area contributed by atoms with Crippen LogP contribution in [0.5, 0.6) is 0 Å². The van der Waals surface area contributed by atoms with Crippen molar-refractivity contribution in [2.75, 3.05) is 13.1 Å². The Labute approximate surface area is 137 Å². The summed E-state index contributed by atoms with van der Waals surface area (Å²) in [6.07, 6.45) is 5.03. The molecule has 1 saturated heterocycles. The average molecular weight is 315 g/mol. The molecule has 23 heavy (non-hydrogen) atoms.